The van der Waals surface area contributed by atoms with Gasteiger partial charge in [-0.1, -0.05) is 37.8 Å². The smallest absolute Gasteiger partial charge is 0.227 e. The number of benzene rings is 1. The van der Waals surface area contributed by atoms with Crippen LogP contribution in [0.25, 0.3) is 0 Å². The molecule has 3 rings (SSSR count). The van der Waals surface area contributed by atoms with Crippen LogP contribution in [0.15, 0.2) is 24.3 Å². The molecule has 1 N–H and O–H groups in total. The van der Waals surface area contributed by atoms with Crippen LogP contribution in [-0.2, 0) is 16.0 Å². The number of piperidine rings is 1. The molecule has 1 unspecified atom stereocenters. The average molecular weight is 375 g/mol. The van der Waals surface area contributed by atoms with E-state index < -0.39 is 0 Å². The van der Waals surface area contributed by atoms with Crippen molar-refractivity contribution in [2.45, 2.75) is 57.8 Å². The van der Waals surface area contributed by atoms with Crippen molar-refractivity contribution in [2.75, 3.05) is 19.6 Å². The van der Waals surface area contributed by atoms with Gasteiger partial charge in [0.15, 0.2) is 0 Å². The Bertz CT molecular complexity index is 626. The third kappa shape index (κ3) is 6.05. The van der Waals surface area contributed by atoms with Gasteiger partial charge in [0.1, 0.15) is 5.82 Å². The van der Waals surface area contributed by atoms with E-state index in [1.807, 2.05) is 0 Å². The van der Waals surface area contributed by atoms with Gasteiger partial charge in [0.25, 0.3) is 0 Å². The number of carbonyl (C=O) groups excluding carboxylic acids is 2. The molecule has 1 aliphatic heterocycles. The quantitative estimate of drug-likeness (QED) is 0.740. The summed E-state index contributed by atoms with van der Waals surface area (Å²) in [5, 5.41) is 3.07. The highest BCUT2D eigenvalue weighted by molar-refractivity contribution is 5.82. The molecule has 1 heterocycles. The molecule has 1 aromatic carbocycles. The van der Waals surface area contributed by atoms with Crippen molar-refractivity contribution in [3.8, 4) is 0 Å². The number of nitrogens with one attached hydrogen (secondary N) is 1. The van der Waals surface area contributed by atoms with Gasteiger partial charge in [0, 0.05) is 19.6 Å². The van der Waals surface area contributed by atoms with Gasteiger partial charge in [-0.15, -0.1) is 0 Å². The first kappa shape index (κ1) is 19.8. The monoisotopic (exact) mass is 374 g/mol. The zero-order chi connectivity index (χ0) is 19.1. The molecule has 1 saturated carbocycles. The molecule has 4 nitrogen and oxygen atoms in total. The van der Waals surface area contributed by atoms with Crippen molar-refractivity contribution < 1.29 is 14.0 Å². The maximum absolute atomic E-state index is 13.0. The Morgan fingerprint density at radius 3 is 2.56 bits per heavy atom. The molecule has 1 aromatic rings. The Morgan fingerprint density at radius 2 is 1.81 bits per heavy atom. The van der Waals surface area contributed by atoms with E-state index in [1.165, 1.54) is 44.2 Å². The van der Waals surface area contributed by atoms with E-state index in [0.29, 0.717) is 13.1 Å². The van der Waals surface area contributed by atoms with Crippen LogP contribution < -0.4 is 5.32 Å². The third-order valence-electron chi connectivity index (χ3n) is 5.98. The second-order valence-electron chi connectivity index (χ2n) is 8.07. The normalized spacial score (nSPS) is 20.6. The Kier molecular flexibility index (Phi) is 7.25. The van der Waals surface area contributed by atoms with E-state index in [1.54, 1.807) is 17.0 Å². The summed E-state index contributed by atoms with van der Waals surface area (Å²) in [6, 6.07) is 6.04. The fraction of sp³-hybridized carbons (Fsp3) is 0.636. The summed E-state index contributed by atoms with van der Waals surface area (Å²) >= 11 is 0. The minimum atomic E-state index is -0.297. The van der Waals surface area contributed by atoms with Gasteiger partial charge < -0.3 is 10.2 Å². The molecule has 5 heteroatoms. The molecule has 0 bridgehead atoms. The summed E-state index contributed by atoms with van der Waals surface area (Å²) in [5.41, 5.74) is 0.805. The minimum absolute atomic E-state index is 0.0142. The summed E-state index contributed by atoms with van der Waals surface area (Å²) in [7, 11) is 0. The standard InChI is InChI=1S/C22H31FN2O2/c23-20-11-9-18(10-12-20)15-21(26)25-14-4-8-19(16-25)22(27)24-13-3-7-17-5-1-2-6-17/h9-12,17,19H,1-8,13-16H2,(H,24,27). The third-order valence-corrected chi connectivity index (χ3v) is 5.98. The van der Waals surface area contributed by atoms with Crippen LogP contribution in [0.4, 0.5) is 4.39 Å². The van der Waals surface area contributed by atoms with E-state index in [0.717, 1.165) is 37.3 Å². The highest BCUT2D eigenvalue weighted by Crippen LogP contribution is 2.28. The Morgan fingerprint density at radius 1 is 1.07 bits per heavy atom. The molecule has 1 atom stereocenters. The van der Waals surface area contributed by atoms with Crippen LogP contribution in [0.1, 0.15) is 56.9 Å². The maximum Gasteiger partial charge on any atom is 0.227 e. The highest BCUT2D eigenvalue weighted by atomic mass is 19.1. The van der Waals surface area contributed by atoms with E-state index in [4.69, 9.17) is 0 Å². The number of hydrogen-bond acceptors (Lipinski definition) is 2. The molecule has 0 spiro atoms. The summed E-state index contributed by atoms with van der Waals surface area (Å²) in [6.07, 6.45) is 9.65. The van der Waals surface area contributed by atoms with Crippen molar-refractivity contribution in [1.82, 2.24) is 10.2 Å². The number of rotatable bonds is 7. The molecule has 27 heavy (non-hydrogen) atoms. The van der Waals surface area contributed by atoms with Gasteiger partial charge >= 0.3 is 0 Å². The van der Waals surface area contributed by atoms with Crippen molar-refractivity contribution >= 4 is 11.8 Å². The summed E-state index contributed by atoms with van der Waals surface area (Å²) in [4.78, 5) is 26.8. The lowest BCUT2D eigenvalue weighted by Gasteiger charge is -2.32. The number of carbonyl (C=O) groups is 2. The van der Waals surface area contributed by atoms with Crippen molar-refractivity contribution in [2.24, 2.45) is 11.8 Å². The summed E-state index contributed by atoms with van der Waals surface area (Å²) < 4.78 is 13.0. The predicted molar refractivity (Wildman–Crippen MR) is 104 cm³/mol. The van der Waals surface area contributed by atoms with Crippen LogP contribution in [0.2, 0.25) is 0 Å². The number of hydrogen-bond donors (Lipinski definition) is 1. The lowest BCUT2D eigenvalue weighted by molar-refractivity contribution is -0.135. The Balaban J connectivity index is 1.40. The van der Waals surface area contributed by atoms with Crippen LogP contribution in [0, 0.1) is 17.7 Å². The number of likely N-dealkylation sites (tertiary alicyclic amines) is 1. The first-order valence-electron chi connectivity index (χ1n) is 10.4. The zero-order valence-electron chi connectivity index (χ0n) is 16.1. The highest BCUT2D eigenvalue weighted by Gasteiger charge is 2.28. The van der Waals surface area contributed by atoms with Gasteiger partial charge in [0.05, 0.1) is 12.3 Å². The van der Waals surface area contributed by atoms with Crippen LogP contribution in [0.5, 0.6) is 0 Å². The van der Waals surface area contributed by atoms with Gasteiger partial charge in [-0.05, 0) is 49.3 Å². The molecule has 2 amide bonds. The first-order valence-corrected chi connectivity index (χ1v) is 10.4. The molecule has 1 aliphatic carbocycles. The van der Waals surface area contributed by atoms with Gasteiger partial charge in [-0.3, -0.25) is 9.59 Å². The predicted octanol–water partition coefficient (Wildman–Crippen LogP) is 3.69. The van der Waals surface area contributed by atoms with E-state index in [2.05, 4.69) is 5.32 Å². The molecule has 2 fully saturated rings. The molecule has 0 aromatic heterocycles. The topological polar surface area (TPSA) is 49.4 Å². The molecule has 148 valence electrons. The lowest BCUT2D eigenvalue weighted by atomic mass is 9.96. The van der Waals surface area contributed by atoms with E-state index >= 15 is 0 Å². The van der Waals surface area contributed by atoms with E-state index in [-0.39, 0.29) is 30.0 Å². The maximum atomic E-state index is 13.0. The number of nitrogens with zero attached hydrogens (tertiary/aromatic N) is 1. The summed E-state index contributed by atoms with van der Waals surface area (Å²) in [6.45, 7) is 1.94. The molecular weight excluding hydrogens is 343 g/mol. The Labute approximate surface area is 161 Å². The van der Waals surface area contributed by atoms with Crippen molar-refractivity contribution in [3.63, 3.8) is 0 Å². The van der Waals surface area contributed by atoms with Crippen LogP contribution in [0.3, 0.4) is 0 Å². The largest absolute Gasteiger partial charge is 0.356 e. The van der Waals surface area contributed by atoms with Crippen LogP contribution >= 0.6 is 0 Å². The molecule has 0 radical (unpaired) electrons. The number of halogens is 1. The summed E-state index contributed by atoms with van der Waals surface area (Å²) in [5.74, 6) is 0.549. The van der Waals surface area contributed by atoms with E-state index in [9.17, 15) is 14.0 Å². The molecule has 1 saturated heterocycles. The fourth-order valence-corrected chi connectivity index (χ4v) is 4.35. The second-order valence-corrected chi connectivity index (χ2v) is 8.07. The van der Waals surface area contributed by atoms with Crippen molar-refractivity contribution in [1.29, 1.82) is 0 Å². The molecular formula is C22H31FN2O2. The fourth-order valence-electron chi connectivity index (χ4n) is 4.35. The SMILES string of the molecule is O=C(NCCCC1CCCC1)C1CCCN(C(=O)Cc2ccc(F)cc2)C1. The number of amides is 2. The Hall–Kier alpha value is -1.91. The van der Waals surface area contributed by atoms with Gasteiger partial charge in [-0.25, -0.2) is 4.39 Å². The minimum Gasteiger partial charge on any atom is -0.356 e. The second kappa shape index (κ2) is 9.86. The van der Waals surface area contributed by atoms with Gasteiger partial charge in [0.2, 0.25) is 11.8 Å². The average Bonchev–Trinajstić information content (AvgIpc) is 3.20. The zero-order valence-corrected chi connectivity index (χ0v) is 16.1. The first-order chi connectivity index (χ1) is 13.1. The molecule has 2 aliphatic rings. The lowest BCUT2D eigenvalue weighted by Crippen LogP contribution is -2.46. The van der Waals surface area contributed by atoms with Gasteiger partial charge in [-0.2, -0.15) is 0 Å². The van der Waals surface area contributed by atoms with Crippen molar-refractivity contribution in [3.05, 3.63) is 35.6 Å². The van der Waals surface area contributed by atoms with Crippen LogP contribution in [-0.4, -0.2) is 36.3 Å².